The molecule has 1 fully saturated rings. The third kappa shape index (κ3) is 1.85. The number of aromatic amines is 2. The van der Waals surface area contributed by atoms with Crippen LogP contribution in [0.15, 0.2) is 30.9 Å². The number of nitrogens with zero attached hydrogens (tertiary/aromatic N) is 2. The molecule has 1 amide bonds. The van der Waals surface area contributed by atoms with Crippen LogP contribution in [0.25, 0.3) is 22.3 Å². The van der Waals surface area contributed by atoms with E-state index >= 15 is 0 Å². The highest BCUT2D eigenvalue weighted by Crippen LogP contribution is 2.25. The summed E-state index contributed by atoms with van der Waals surface area (Å²) in [6.45, 7) is 0. The van der Waals surface area contributed by atoms with E-state index < -0.39 is 0 Å². The molecule has 6 nitrogen and oxygen atoms in total. The molecule has 3 heterocycles. The van der Waals surface area contributed by atoms with Gasteiger partial charge in [-0.1, -0.05) is 0 Å². The SMILES string of the molecule is O=C(NC1CC1)c1cc(-c2ncnc3[nH]ccc23)c[nH]1.[HH]. The summed E-state index contributed by atoms with van der Waals surface area (Å²) in [7, 11) is 0. The van der Waals surface area contributed by atoms with Crippen molar-refractivity contribution in [3.63, 3.8) is 0 Å². The Morgan fingerprint density at radius 2 is 2.25 bits per heavy atom. The Morgan fingerprint density at radius 3 is 3.10 bits per heavy atom. The fourth-order valence-corrected chi connectivity index (χ4v) is 2.26. The van der Waals surface area contributed by atoms with Gasteiger partial charge in [0, 0.05) is 30.8 Å². The molecule has 1 saturated carbocycles. The molecule has 0 aliphatic heterocycles. The molecule has 20 heavy (non-hydrogen) atoms. The van der Waals surface area contributed by atoms with E-state index in [0.29, 0.717) is 11.7 Å². The van der Waals surface area contributed by atoms with Crippen molar-refractivity contribution in [2.45, 2.75) is 18.9 Å². The molecular formula is C14H15N5O. The minimum absolute atomic E-state index is 0. The van der Waals surface area contributed by atoms with Gasteiger partial charge in [-0.3, -0.25) is 4.79 Å². The second kappa shape index (κ2) is 4.19. The second-order valence-electron chi connectivity index (χ2n) is 5.01. The lowest BCUT2D eigenvalue weighted by atomic mass is 10.1. The lowest BCUT2D eigenvalue weighted by Crippen LogP contribution is -2.25. The van der Waals surface area contributed by atoms with E-state index in [-0.39, 0.29) is 7.33 Å². The molecule has 0 aromatic carbocycles. The van der Waals surface area contributed by atoms with Crippen LogP contribution in [0.1, 0.15) is 24.8 Å². The monoisotopic (exact) mass is 269 g/mol. The van der Waals surface area contributed by atoms with Crippen molar-refractivity contribution in [2.75, 3.05) is 0 Å². The normalized spacial score (nSPS) is 14.6. The van der Waals surface area contributed by atoms with Crippen molar-refractivity contribution in [3.05, 3.63) is 36.5 Å². The number of carbonyl (C=O) groups excluding carboxylic acids is 1. The molecule has 0 atom stereocenters. The number of H-pyrrole nitrogens is 2. The summed E-state index contributed by atoms with van der Waals surface area (Å²) in [5, 5.41) is 3.90. The van der Waals surface area contributed by atoms with E-state index in [1.807, 2.05) is 18.3 Å². The summed E-state index contributed by atoms with van der Waals surface area (Å²) in [4.78, 5) is 26.5. The molecule has 0 spiro atoms. The molecule has 102 valence electrons. The van der Waals surface area contributed by atoms with Crippen LogP contribution in [-0.4, -0.2) is 31.9 Å². The minimum Gasteiger partial charge on any atom is -0.357 e. The molecule has 0 radical (unpaired) electrons. The van der Waals surface area contributed by atoms with Gasteiger partial charge in [0.15, 0.2) is 0 Å². The predicted molar refractivity (Wildman–Crippen MR) is 76.3 cm³/mol. The Labute approximate surface area is 116 Å². The Balaban J connectivity index is 0.00000132. The van der Waals surface area contributed by atoms with Crippen LogP contribution >= 0.6 is 0 Å². The van der Waals surface area contributed by atoms with Gasteiger partial charge in [-0.2, -0.15) is 0 Å². The van der Waals surface area contributed by atoms with E-state index in [1.54, 1.807) is 6.20 Å². The lowest BCUT2D eigenvalue weighted by Gasteiger charge is -1.99. The molecule has 6 heteroatoms. The fourth-order valence-electron chi connectivity index (χ4n) is 2.26. The maximum Gasteiger partial charge on any atom is 0.267 e. The highest BCUT2D eigenvalue weighted by atomic mass is 16.2. The summed E-state index contributed by atoms with van der Waals surface area (Å²) >= 11 is 0. The number of amides is 1. The quantitative estimate of drug-likeness (QED) is 0.680. The van der Waals surface area contributed by atoms with Crippen LogP contribution in [0.2, 0.25) is 0 Å². The molecule has 0 saturated heterocycles. The summed E-state index contributed by atoms with van der Waals surface area (Å²) in [6, 6.07) is 4.11. The van der Waals surface area contributed by atoms with Gasteiger partial charge in [0.05, 0.1) is 5.69 Å². The summed E-state index contributed by atoms with van der Waals surface area (Å²) in [5.74, 6) is -0.0573. The molecular weight excluding hydrogens is 254 g/mol. The Morgan fingerprint density at radius 1 is 1.35 bits per heavy atom. The molecule has 3 N–H and O–H groups in total. The third-order valence-electron chi connectivity index (χ3n) is 3.47. The first-order chi connectivity index (χ1) is 9.81. The molecule has 3 aromatic rings. The number of hydrogen-bond acceptors (Lipinski definition) is 3. The van der Waals surface area contributed by atoms with Gasteiger partial charge >= 0.3 is 0 Å². The van der Waals surface area contributed by atoms with E-state index in [4.69, 9.17) is 0 Å². The number of rotatable bonds is 3. The molecule has 0 bridgehead atoms. The lowest BCUT2D eigenvalue weighted by molar-refractivity contribution is 0.0946. The minimum atomic E-state index is -0.0573. The van der Waals surface area contributed by atoms with Crippen molar-refractivity contribution < 1.29 is 6.22 Å². The van der Waals surface area contributed by atoms with E-state index in [1.165, 1.54) is 6.33 Å². The van der Waals surface area contributed by atoms with Crippen molar-refractivity contribution in [1.82, 2.24) is 25.3 Å². The van der Waals surface area contributed by atoms with Gasteiger partial charge in [0.25, 0.3) is 5.91 Å². The third-order valence-corrected chi connectivity index (χ3v) is 3.47. The zero-order valence-electron chi connectivity index (χ0n) is 10.7. The van der Waals surface area contributed by atoms with E-state index in [0.717, 1.165) is 35.1 Å². The number of fused-ring (bicyclic) bond motifs is 1. The first kappa shape index (κ1) is 11.2. The number of aromatic nitrogens is 4. The average molecular weight is 269 g/mol. The maximum absolute atomic E-state index is 12.0. The van der Waals surface area contributed by atoms with E-state index in [2.05, 4.69) is 25.3 Å². The highest BCUT2D eigenvalue weighted by molar-refractivity contribution is 5.96. The van der Waals surface area contributed by atoms with Crippen molar-refractivity contribution in [3.8, 4) is 11.3 Å². The molecule has 3 aromatic heterocycles. The largest absolute Gasteiger partial charge is 0.357 e. The van der Waals surface area contributed by atoms with Gasteiger partial charge < -0.3 is 15.3 Å². The van der Waals surface area contributed by atoms with Crippen molar-refractivity contribution in [1.29, 1.82) is 0 Å². The van der Waals surface area contributed by atoms with Gasteiger partial charge in [0.1, 0.15) is 17.7 Å². The summed E-state index contributed by atoms with van der Waals surface area (Å²) < 4.78 is 0. The van der Waals surface area contributed by atoms with Crippen LogP contribution in [0.3, 0.4) is 0 Å². The van der Waals surface area contributed by atoms with Crippen LogP contribution in [0.5, 0.6) is 0 Å². The topological polar surface area (TPSA) is 86.5 Å². The van der Waals surface area contributed by atoms with E-state index in [9.17, 15) is 4.79 Å². The smallest absolute Gasteiger partial charge is 0.267 e. The van der Waals surface area contributed by atoms with Crippen LogP contribution in [0.4, 0.5) is 0 Å². The predicted octanol–water partition coefficient (Wildman–Crippen LogP) is 2.09. The zero-order valence-corrected chi connectivity index (χ0v) is 10.7. The first-order valence-electron chi connectivity index (χ1n) is 6.59. The first-order valence-corrected chi connectivity index (χ1v) is 6.59. The standard InChI is InChI=1S/C14H13N5O.H2/c20-14(19-9-1-2-9)11-5-8(6-16-11)12-10-3-4-15-13(10)18-7-17-12;/h3-7,9,16H,1-2H2,(H,19,20)(H,15,17,18);1H. The van der Waals surface area contributed by atoms with Crippen LogP contribution in [-0.2, 0) is 0 Å². The van der Waals surface area contributed by atoms with Gasteiger partial charge in [-0.15, -0.1) is 0 Å². The summed E-state index contributed by atoms with van der Waals surface area (Å²) in [6.07, 6.45) is 7.31. The van der Waals surface area contributed by atoms with Gasteiger partial charge in [-0.05, 0) is 25.0 Å². The van der Waals surface area contributed by atoms with Crippen molar-refractivity contribution >= 4 is 16.9 Å². The number of carbonyl (C=O) groups is 1. The van der Waals surface area contributed by atoms with Gasteiger partial charge in [0.2, 0.25) is 0 Å². The zero-order chi connectivity index (χ0) is 13.5. The van der Waals surface area contributed by atoms with Crippen LogP contribution in [0, 0.1) is 0 Å². The maximum atomic E-state index is 12.0. The molecule has 0 unspecified atom stereocenters. The Bertz CT molecular complexity index is 789. The fraction of sp³-hybridized carbons (Fsp3) is 0.214. The van der Waals surface area contributed by atoms with Crippen LogP contribution < -0.4 is 5.32 Å². The second-order valence-corrected chi connectivity index (χ2v) is 5.01. The Hall–Kier alpha value is -2.63. The molecule has 1 aliphatic rings. The molecule has 1 aliphatic carbocycles. The highest BCUT2D eigenvalue weighted by Gasteiger charge is 2.24. The van der Waals surface area contributed by atoms with Gasteiger partial charge in [-0.25, -0.2) is 9.97 Å². The molecule has 4 rings (SSSR count). The number of nitrogens with one attached hydrogen (secondary N) is 3. The number of hydrogen-bond donors (Lipinski definition) is 3. The Kier molecular flexibility index (Phi) is 2.35. The average Bonchev–Trinajstić information content (AvgIpc) is 2.97. The van der Waals surface area contributed by atoms with Crippen molar-refractivity contribution in [2.24, 2.45) is 0 Å². The summed E-state index contributed by atoms with van der Waals surface area (Å²) in [5.41, 5.74) is 3.06.